The molecular weight excluding hydrogens is 310 g/mol. The molecule has 7 nitrogen and oxygen atoms in total. The fourth-order valence-corrected chi connectivity index (χ4v) is 3.41. The molecule has 1 unspecified atom stereocenters. The number of hydrogen-bond acceptors (Lipinski definition) is 4. The van der Waals surface area contributed by atoms with Gasteiger partial charge in [0.2, 0.25) is 11.6 Å². The number of fused-ring (bicyclic) bond motifs is 1. The van der Waals surface area contributed by atoms with Gasteiger partial charge < -0.3 is 20.2 Å². The van der Waals surface area contributed by atoms with Gasteiger partial charge in [-0.15, -0.1) is 0 Å². The van der Waals surface area contributed by atoms with Crippen LogP contribution in [0.15, 0.2) is 29.0 Å². The molecule has 1 aliphatic rings. The Morgan fingerprint density at radius 3 is 2.75 bits per heavy atom. The molecule has 7 heteroatoms. The number of amides is 2. The highest BCUT2D eigenvalue weighted by atomic mass is 16.4. The van der Waals surface area contributed by atoms with E-state index in [0.717, 1.165) is 31.1 Å². The molecule has 3 rings (SSSR count). The monoisotopic (exact) mass is 331 g/mol. The molecule has 3 N–H and O–H groups in total. The van der Waals surface area contributed by atoms with Crippen LogP contribution in [0.3, 0.4) is 0 Å². The molecule has 0 aromatic carbocycles. The smallest absolute Gasteiger partial charge is 0.404 e. The van der Waals surface area contributed by atoms with Crippen molar-refractivity contribution in [1.82, 2.24) is 10.3 Å². The quantitative estimate of drug-likeness (QED) is 0.798. The molecule has 2 aromatic heterocycles. The molecule has 0 spiro atoms. The summed E-state index contributed by atoms with van der Waals surface area (Å²) < 4.78 is 5.24. The highest BCUT2D eigenvalue weighted by Crippen LogP contribution is 2.32. The van der Waals surface area contributed by atoms with Gasteiger partial charge in [0.05, 0.1) is 17.3 Å². The van der Waals surface area contributed by atoms with E-state index in [-0.39, 0.29) is 23.8 Å². The lowest BCUT2D eigenvalue weighted by Gasteiger charge is -2.31. The van der Waals surface area contributed by atoms with E-state index in [9.17, 15) is 9.59 Å². The molecule has 2 heterocycles. The van der Waals surface area contributed by atoms with Gasteiger partial charge in [-0.25, -0.2) is 9.78 Å². The first-order chi connectivity index (χ1) is 11.5. The maximum atomic E-state index is 12.5. The van der Waals surface area contributed by atoms with Crippen molar-refractivity contribution in [2.75, 3.05) is 5.32 Å². The molecule has 0 saturated heterocycles. The summed E-state index contributed by atoms with van der Waals surface area (Å²) in [5, 5.41) is 15.1. The number of aromatic nitrogens is 1. The Kier molecular flexibility index (Phi) is 4.69. The maximum Gasteiger partial charge on any atom is 0.404 e. The Morgan fingerprint density at radius 1 is 1.29 bits per heavy atom. The zero-order valence-electron chi connectivity index (χ0n) is 13.5. The molecule has 2 aromatic rings. The second kappa shape index (κ2) is 6.90. The summed E-state index contributed by atoms with van der Waals surface area (Å²) in [5.41, 5.74) is 1.21. The molecule has 1 saturated carbocycles. The third-order valence-electron chi connectivity index (χ3n) is 4.83. The first kappa shape index (κ1) is 16.3. The van der Waals surface area contributed by atoms with Crippen LogP contribution >= 0.6 is 0 Å². The van der Waals surface area contributed by atoms with Crippen molar-refractivity contribution >= 4 is 28.8 Å². The SMILES string of the molecule is CC(NC(=O)O)[C@H]1CC[C@H](C(=O)Nc2ccnc3occc23)CC1. The number of carbonyl (C=O) groups is 2. The van der Waals surface area contributed by atoms with Crippen molar-refractivity contribution < 1.29 is 19.1 Å². The molecular formula is C17H21N3O4. The zero-order valence-corrected chi connectivity index (χ0v) is 13.5. The third-order valence-corrected chi connectivity index (χ3v) is 4.83. The number of hydrogen-bond donors (Lipinski definition) is 3. The van der Waals surface area contributed by atoms with Gasteiger partial charge in [0.1, 0.15) is 0 Å². The number of nitrogens with zero attached hydrogens (tertiary/aromatic N) is 1. The Morgan fingerprint density at radius 2 is 2.04 bits per heavy atom. The normalized spacial score (nSPS) is 22.0. The zero-order chi connectivity index (χ0) is 17.1. The van der Waals surface area contributed by atoms with Crippen LogP contribution in [-0.4, -0.2) is 28.1 Å². The van der Waals surface area contributed by atoms with Crippen molar-refractivity contribution in [3.8, 4) is 0 Å². The van der Waals surface area contributed by atoms with Crippen LogP contribution in [0.4, 0.5) is 10.5 Å². The summed E-state index contributed by atoms with van der Waals surface area (Å²) in [5.74, 6) is 0.237. The summed E-state index contributed by atoms with van der Waals surface area (Å²) in [7, 11) is 0. The topological polar surface area (TPSA) is 104 Å². The lowest BCUT2D eigenvalue weighted by Crippen LogP contribution is -2.39. The van der Waals surface area contributed by atoms with Crippen molar-refractivity contribution in [1.29, 1.82) is 0 Å². The van der Waals surface area contributed by atoms with Crippen molar-refractivity contribution in [2.45, 2.75) is 38.6 Å². The predicted octanol–water partition coefficient (Wildman–Crippen LogP) is 3.23. The van der Waals surface area contributed by atoms with Crippen LogP contribution in [0.1, 0.15) is 32.6 Å². The Balaban J connectivity index is 1.57. The van der Waals surface area contributed by atoms with Crippen molar-refractivity contribution in [2.24, 2.45) is 11.8 Å². The number of carbonyl (C=O) groups excluding carboxylic acids is 1. The first-order valence-corrected chi connectivity index (χ1v) is 8.17. The Labute approximate surface area is 139 Å². The molecule has 1 atom stereocenters. The van der Waals surface area contributed by atoms with Crippen LogP contribution < -0.4 is 10.6 Å². The fraction of sp³-hybridized carbons (Fsp3) is 0.471. The van der Waals surface area contributed by atoms with Gasteiger partial charge >= 0.3 is 6.09 Å². The highest BCUT2D eigenvalue weighted by molar-refractivity contribution is 6.00. The largest absolute Gasteiger partial charge is 0.465 e. The average Bonchev–Trinajstić information content (AvgIpc) is 3.04. The van der Waals surface area contributed by atoms with Gasteiger partial charge in [0, 0.05) is 18.2 Å². The van der Waals surface area contributed by atoms with Gasteiger partial charge in [0.25, 0.3) is 0 Å². The van der Waals surface area contributed by atoms with Gasteiger partial charge in [-0.2, -0.15) is 0 Å². The number of nitrogens with one attached hydrogen (secondary N) is 2. The second-order valence-electron chi connectivity index (χ2n) is 6.34. The minimum absolute atomic E-state index is 0.000923. The van der Waals surface area contributed by atoms with E-state index in [2.05, 4.69) is 15.6 Å². The Hall–Kier alpha value is -2.57. The summed E-state index contributed by atoms with van der Waals surface area (Å²) >= 11 is 0. The van der Waals surface area contributed by atoms with E-state index in [0.29, 0.717) is 11.4 Å². The van der Waals surface area contributed by atoms with Crippen LogP contribution in [0.25, 0.3) is 11.1 Å². The van der Waals surface area contributed by atoms with Gasteiger partial charge in [-0.1, -0.05) is 0 Å². The highest BCUT2D eigenvalue weighted by Gasteiger charge is 2.29. The number of rotatable bonds is 4. The van der Waals surface area contributed by atoms with E-state index >= 15 is 0 Å². The Bertz CT molecular complexity index is 734. The number of carboxylic acid groups (broad SMARTS) is 1. The summed E-state index contributed by atoms with van der Waals surface area (Å²) in [6.07, 6.45) is 5.38. The van der Waals surface area contributed by atoms with Crippen LogP contribution in [0, 0.1) is 11.8 Å². The van der Waals surface area contributed by atoms with Crippen molar-refractivity contribution in [3.63, 3.8) is 0 Å². The fourth-order valence-electron chi connectivity index (χ4n) is 3.41. The molecule has 1 aliphatic carbocycles. The van der Waals surface area contributed by atoms with Gasteiger partial charge in [-0.05, 0) is 50.7 Å². The average molecular weight is 331 g/mol. The van der Waals surface area contributed by atoms with E-state index in [1.165, 1.54) is 0 Å². The van der Waals surface area contributed by atoms with Gasteiger partial charge in [-0.3, -0.25) is 4.79 Å². The lowest BCUT2D eigenvalue weighted by atomic mass is 9.78. The molecule has 0 radical (unpaired) electrons. The van der Waals surface area contributed by atoms with Crippen LogP contribution in [0.5, 0.6) is 0 Å². The number of anilines is 1. The standard InChI is InChI=1S/C17H21N3O4/c1-10(19-17(22)23)11-2-4-12(5-3-11)15(21)20-14-6-8-18-16-13(14)7-9-24-16/h6-12,19H,2-5H2,1H3,(H,22,23)(H,18,20,21)/t10?,11-,12-. The molecule has 128 valence electrons. The van der Waals surface area contributed by atoms with Crippen molar-refractivity contribution in [3.05, 3.63) is 24.6 Å². The first-order valence-electron chi connectivity index (χ1n) is 8.17. The number of pyridine rings is 1. The summed E-state index contributed by atoms with van der Waals surface area (Å²) in [4.78, 5) is 27.3. The van der Waals surface area contributed by atoms with E-state index in [1.54, 1.807) is 24.6 Å². The minimum atomic E-state index is -0.996. The van der Waals surface area contributed by atoms with Crippen LogP contribution in [-0.2, 0) is 4.79 Å². The minimum Gasteiger partial charge on any atom is -0.465 e. The predicted molar refractivity (Wildman–Crippen MR) is 88.7 cm³/mol. The van der Waals surface area contributed by atoms with E-state index < -0.39 is 6.09 Å². The third kappa shape index (κ3) is 3.50. The summed E-state index contributed by atoms with van der Waals surface area (Å²) in [6, 6.07) is 3.46. The molecule has 2 amide bonds. The van der Waals surface area contributed by atoms with Gasteiger partial charge in [0.15, 0.2) is 0 Å². The maximum absolute atomic E-state index is 12.5. The summed E-state index contributed by atoms with van der Waals surface area (Å²) in [6.45, 7) is 1.88. The van der Waals surface area contributed by atoms with E-state index in [4.69, 9.17) is 9.52 Å². The number of furan rings is 1. The molecule has 0 bridgehead atoms. The molecule has 0 aliphatic heterocycles. The second-order valence-corrected chi connectivity index (χ2v) is 6.34. The van der Waals surface area contributed by atoms with E-state index in [1.807, 2.05) is 6.92 Å². The molecule has 1 fully saturated rings. The molecule has 24 heavy (non-hydrogen) atoms. The lowest BCUT2D eigenvalue weighted by molar-refractivity contribution is -0.121. The van der Waals surface area contributed by atoms with Crippen LogP contribution in [0.2, 0.25) is 0 Å².